The predicted octanol–water partition coefficient (Wildman–Crippen LogP) is 3.76. The second kappa shape index (κ2) is 6.12. The molecule has 1 aliphatic heterocycles. The Morgan fingerprint density at radius 2 is 2.00 bits per heavy atom. The van der Waals surface area contributed by atoms with Gasteiger partial charge in [-0.05, 0) is 37.8 Å². The van der Waals surface area contributed by atoms with Gasteiger partial charge in [0.15, 0.2) is 0 Å². The third-order valence-electron chi connectivity index (χ3n) is 3.85. The molecule has 0 amide bonds. The van der Waals surface area contributed by atoms with Gasteiger partial charge in [-0.3, -0.25) is 0 Å². The summed E-state index contributed by atoms with van der Waals surface area (Å²) in [5.74, 6) is 3.44. The highest BCUT2D eigenvalue weighted by atomic mass is 15.2. The van der Waals surface area contributed by atoms with Crippen LogP contribution < -0.4 is 10.2 Å². The van der Waals surface area contributed by atoms with Crippen LogP contribution in [0.15, 0.2) is 36.4 Å². The first kappa shape index (κ1) is 13.9. The Bertz CT molecular complexity index is 597. The van der Waals surface area contributed by atoms with Crippen molar-refractivity contribution < 1.29 is 0 Å². The van der Waals surface area contributed by atoms with Crippen LogP contribution in [0.5, 0.6) is 0 Å². The zero-order valence-corrected chi connectivity index (χ0v) is 12.7. The Kier molecular flexibility index (Phi) is 4.04. The normalized spacial score (nSPS) is 18.6. The Morgan fingerprint density at radius 1 is 1.19 bits per heavy atom. The molecule has 3 rings (SSSR count). The van der Waals surface area contributed by atoms with Crippen molar-refractivity contribution in [3.05, 3.63) is 42.2 Å². The molecule has 1 saturated heterocycles. The number of aromatic nitrogens is 2. The van der Waals surface area contributed by atoms with E-state index in [1.807, 2.05) is 37.3 Å². The number of nitrogens with zero attached hydrogens (tertiary/aromatic N) is 3. The number of hydrogen-bond acceptors (Lipinski definition) is 4. The summed E-state index contributed by atoms with van der Waals surface area (Å²) >= 11 is 0. The minimum Gasteiger partial charge on any atom is -0.356 e. The second-order valence-electron chi connectivity index (χ2n) is 5.84. The number of piperidine rings is 1. The minimum atomic E-state index is 0.736. The largest absolute Gasteiger partial charge is 0.356 e. The zero-order chi connectivity index (χ0) is 14.7. The van der Waals surface area contributed by atoms with Gasteiger partial charge in [0, 0.05) is 24.8 Å². The van der Waals surface area contributed by atoms with Crippen molar-refractivity contribution in [1.82, 2.24) is 9.97 Å². The molecule has 4 nitrogen and oxygen atoms in total. The van der Waals surface area contributed by atoms with Crippen LogP contribution in [0.4, 0.5) is 17.3 Å². The lowest BCUT2D eigenvalue weighted by atomic mass is 10.0. The van der Waals surface area contributed by atoms with Gasteiger partial charge < -0.3 is 10.2 Å². The molecule has 1 aromatic carbocycles. The smallest absolute Gasteiger partial charge is 0.136 e. The molecule has 0 spiro atoms. The van der Waals surface area contributed by atoms with Crippen molar-refractivity contribution in [3.63, 3.8) is 0 Å². The highest BCUT2D eigenvalue weighted by Crippen LogP contribution is 2.24. The Labute approximate surface area is 126 Å². The van der Waals surface area contributed by atoms with Crippen LogP contribution in [0.3, 0.4) is 0 Å². The van der Waals surface area contributed by atoms with Gasteiger partial charge in [-0.1, -0.05) is 25.1 Å². The van der Waals surface area contributed by atoms with Gasteiger partial charge in [0.25, 0.3) is 0 Å². The molecule has 0 saturated carbocycles. The van der Waals surface area contributed by atoms with Crippen molar-refractivity contribution in [2.45, 2.75) is 26.7 Å². The van der Waals surface area contributed by atoms with Crippen LogP contribution >= 0.6 is 0 Å². The lowest BCUT2D eigenvalue weighted by Gasteiger charge is -2.32. The highest BCUT2D eigenvalue weighted by molar-refractivity contribution is 5.59. The van der Waals surface area contributed by atoms with Gasteiger partial charge in [0.2, 0.25) is 0 Å². The van der Waals surface area contributed by atoms with Crippen LogP contribution in [-0.4, -0.2) is 23.1 Å². The molecule has 1 unspecified atom stereocenters. The quantitative estimate of drug-likeness (QED) is 0.930. The highest BCUT2D eigenvalue weighted by Gasteiger charge is 2.18. The van der Waals surface area contributed by atoms with E-state index in [4.69, 9.17) is 0 Å². The first-order valence-electron chi connectivity index (χ1n) is 7.63. The standard InChI is InChI=1S/C17H22N4/c1-13-7-6-10-21(12-13)17-11-16(18-14(2)19-17)20-15-8-4-3-5-9-15/h3-5,8-9,11,13H,6-7,10,12H2,1-2H3,(H,18,19,20). The molecule has 21 heavy (non-hydrogen) atoms. The number of para-hydroxylation sites is 1. The van der Waals surface area contributed by atoms with Gasteiger partial charge in [0.05, 0.1) is 0 Å². The van der Waals surface area contributed by atoms with Crippen molar-refractivity contribution in [2.75, 3.05) is 23.3 Å². The van der Waals surface area contributed by atoms with Gasteiger partial charge in [-0.2, -0.15) is 0 Å². The van der Waals surface area contributed by atoms with E-state index in [-0.39, 0.29) is 0 Å². The number of nitrogens with one attached hydrogen (secondary N) is 1. The fraction of sp³-hybridized carbons (Fsp3) is 0.412. The molecular weight excluding hydrogens is 260 g/mol. The van der Waals surface area contributed by atoms with Gasteiger partial charge in [-0.15, -0.1) is 0 Å². The Balaban J connectivity index is 1.82. The molecule has 1 aromatic heterocycles. The third kappa shape index (κ3) is 3.51. The molecule has 2 heterocycles. The number of aryl methyl sites for hydroxylation is 1. The van der Waals surface area contributed by atoms with Gasteiger partial charge in [0.1, 0.15) is 17.5 Å². The summed E-state index contributed by atoms with van der Waals surface area (Å²) in [5.41, 5.74) is 1.05. The summed E-state index contributed by atoms with van der Waals surface area (Å²) < 4.78 is 0. The SMILES string of the molecule is Cc1nc(Nc2ccccc2)cc(N2CCCC(C)C2)n1. The molecular formula is C17H22N4. The summed E-state index contributed by atoms with van der Waals surface area (Å²) in [4.78, 5) is 11.5. The van der Waals surface area contributed by atoms with Crippen LogP contribution in [-0.2, 0) is 0 Å². The van der Waals surface area contributed by atoms with E-state index in [1.54, 1.807) is 0 Å². The van der Waals surface area contributed by atoms with Crippen molar-refractivity contribution in [2.24, 2.45) is 5.92 Å². The summed E-state index contributed by atoms with van der Waals surface area (Å²) in [6.45, 7) is 6.43. The van der Waals surface area contributed by atoms with E-state index in [0.717, 1.165) is 42.2 Å². The molecule has 110 valence electrons. The van der Waals surface area contributed by atoms with Crippen LogP contribution in [0.1, 0.15) is 25.6 Å². The van der Waals surface area contributed by atoms with Crippen LogP contribution in [0.2, 0.25) is 0 Å². The van der Waals surface area contributed by atoms with Crippen LogP contribution in [0, 0.1) is 12.8 Å². The number of benzene rings is 1. The summed E-state index contributed by atoms with van der Waals surface area (Å²) in [5, 5.41) is 3.36. The zero-order valence-electron chi connectivity index (χ0n) is 12.7. The average Bonchev–Trinajstić information content (AvgIpc) is 2.48. The number of rotatable bonds is 3. The maximum atomic E-state index is 4.61. The fourth-order valence-corrected chi connectivity index (χ4v) is 2.84. The van der Waals surface area contributed by atoms with E-state index in [0.29, 0.717) is 0 Å². The molecule has 1 atom stereocenters. The molecule has 1 N–H and O–H groups in total. The van der Waals surface area contributed by atoms with Gasteiger partial charge >= 0.3 is 0 Å². The Hall–Kier alpha value is -2.10. The summed E-state index contributed by atoms with van der Waals surface area (Å²) in [6, 6.07) is 12.2. The maximum absolute atomic E-state index is 4.61. The molecule has 2 aromatic rings. The maximum Gasteiger partial charge on any atom is 0.136 e. The molecule has 0 bridgehead atoms. The van der Waals surface area contributed by atoms with Crippen molar-refractivity contribution >= 4 is 17.3 Å². The van der Waals surface area contributed by atoms with E-state index >= 15 is 0 Å². The van der Waals surface area contributed by atoms with Crippen molar-refractivity contribution in [1.29, 1.82) is 0 Å². The lowest BCUT2D eigenvalue weighted by Crippen LogP contribution is -2.35. The fourth-order valence-electron chi connectivity index (χ4n) is 2.84. The molecule has 0 aliphatic carbocycles. The Morgan fingerprint density at radius 3 is 2.76 bits per heavy atom. The first-order chi connectivity index (χ1) is 10.2. The average molecular weight is 282 g/mol. The molecule has 1 aliphatic rings. The number of hydrogen-bond donors (Lipinski definition) is 1. The lowest BCUT2D eigenvalue weighted by molar-refractivity contribution is 0.444. The van der Waals surface area contributed by atoms with Crippen molar-refractivity contribution in [3.8, 4) is 0 Å². The molecule has 4 heteroatoms. The molecule has 0 radical (unpaired) electrons. The second-order valence-corrected chi connectivity index (χ2v) is 5.84. The van der Waals surface area contributed by atoms with E-state index in [2.05, 4.69) is 33.2 Å². The molecule has 1 fully saturated rings. The van der Waals surface area contributed by atoms with Crippen LogP contribution in [0.25, 0.3) is 0 Å². The number of anilines is 3. The predicted molar refractivity (Wildman–Crippen MR) is 87.1 cm³/mol. The summed E-state index contributed by atoms with van der Waals surface area (Å²) in [6.07, 6.45) is 2.56. The van der Waals surface area contributed by atoms with E-state index < -0.39 is 0 Å². The third-order valence-corrected chi connectivity index (χ3v) is 3.85. The van der Waals surface area contributed by atoms with Gasteiger partial charge in [-0.25, -0.2) is 9.97 Å². The first-order valence-corrected chi connectivity index (χ1v) is 7.63. The summed E-state index contributed by atoms with van der Waals surface area (Å²) in [7, 11) is 0. The minimum absolute atomic E-state index is 0.736. The van der Waals surface area contributed by atoms with E-state index in [1.165, 1.54) is 12.8 Å². The topological polar surface area (TPSA) is 41.1 Å². The monoisotopic (exact) mass is 282 g/mol. The van der Waals surface area contributed by atoms with E-state index in [9.17, 15) is 0 Å².